The quantitative estimate of drug-likeness (QED) is 0.0204. The zero-order valence-electron chi connectivity index (χ0n) is 38.0. The van der Waals surface area contributed by atoms with Gasteiger partial charge in [0.05, 0.1) is 25.0 Å². The van der Waals surface area contributed by atoms with E-state index in [1.165, 1.54) is 70.6 Å². The number of unbranched alkanes of at least 4 members (excludes halogenated alkanes) is 19. The van der Waals surface area contributed by atoms with Crippen LogP contribution in [0.4, 0.5) is 0 Å². The highest BCUT2D eigenvalue weighted by molar-refractivity contribution is 5.87. The second-order valence-electron chi connectivity index (χ2n) is 16.6. The van der Waals surface area contributed by atoms with E-state index in [4.69, 9.17) is 20.9 Å². The highest BCUT2D eigenvalue weighted by Gasteiger charge is 2.22. The third kappa shape index (κ3) is 34.1. The second-order valence-corrected chi connectivity index (χ2v) is 16.6. The minimum absolute atomic E-state index is 0.0195. The molecule has 0 rings (SSSR count). The smallest absolute Gasteiger partial charge is 0.308 e. The molecule has 11 heteroatoms. The molecule has 0 aliphatic carbocycles. The summed E-state index contributed by atoms with van der Waals surface area (Å²) in [5.41, 5.74) is 11.0. The van der Waals surface area contributed by atoms with E-state index in [0.717, 1.165) is 116 Å². The number of amides is 2. The van der Waals surface area contributed by atoms with E-state index in [2.05, 4.69) is 43.3 Å². The van der Waals surface area contributed by atoms with Gasteiger partial charge < -0.3 is 31.6 Å². The summed E-state index contributed by atoms with van der Waals surface area (Å²) < 4.78 is 11.4. The fourth-order valence-electron chi connectivity index (χ4n) is 7.29. The normalized spacial score (nSPS) is 12.7. The molecule has 0 aromatic rings. The van der Waals surface area contributed by atoms with Crippen LogP contribution in [0, 0.1) is 11.8 Å². The molecular formula is C47H91N5O6. The van der Waals surface area contributed by atoms with Crippen LogP contribution in [-0.2, 0) is 28.7 Å². The first-order valence-electron chi connectivity index (χ1n) is 24.2. The Labute approximate surface area is 355 Å². The van der Waals surface area contributed by atoms with Crippen LogP contribution in [0.25, 0.3) is 0 Å². The fourth-order valence-corrected chi connectivity index (χ4v) is 7.29. The van der Waals surface area contributed by atoms with E-state index in [9.17, 15) is 19.2 Å². The van der Waals surface area contributed by atoms with Gasteiger partial charge in [-0.15, -0.1) is 0 Å². The Balaban J connectivity index is 4.44. The average molecular weight is 822 g/mol. The first kappa shape index (κ1) is 55.2. The van der Waals surface area contributed by atoms with Crippen LogP contribution in [0.5, 0.6) is 0 Å². The highest BCUT2D eigenvalue weighted by atomic mass is 16.5. The summed E-state index contributed by atoms with van der Waals surface area (Å²) in [6, 6.07) is -0.719. The van der Waals surface area contributed by atoms with E-state index >= 15 is 0 Å². The summed E-state index contributed by atoms with van der Waals surface area (Å²) in [7, 11) is 0. The SMILES string of the molecule is CCCCCCCCC(CCCCCC)C(=O)OCCCCCCNC(=O)C(CCN=C(N)N)NC(=O)CCCCCCCOC(=O)C(CCCC)CCCCCC. The number of esters is 2. The Hall–Kier alpha value is -2.85. The Kier molecular flexibility index (Phi) is 38.9. The molecule has 0 radical (unpaired) electrons. The molecule has 0 aromatic heterocycles. The number of carbonyl (C=O) groups excluding carboxylic acids is 4. The van der Waals surface area contributed by atoms with Gasteiger partial charge in [0.25, 0.3) is 0 Å². The van der Waals surface area contributed by atoms with Gasteiger partial charge in [0.1, 0.15) is 6.04 Å². The molecule has 340 valence electrons. The molecular weight excluding hydrogens is 731 g/mol. The first-order chi connectivity index (χ1) is 28.2. The topological polar surface area (TPSA) is 175 Å². The van der Waals surface area contributed by atoms with E-state index in [1.807, 2.05) is 0 Å². The van der Waals surface area contributed by atoms with Crippen LogP contribution in [0.3, 0.4) is 0 Å². The number of aliphatic imine (C=N–C) groups is 1. The number of rotatable bonds is 42. The van der Waals surface area contributed by atoms with E-state index in [-0.39, 0.29) is 48.1 Å². The van der Waals surface area contributed by atoms with Crippen molar-refractivity contribution in [3.63, 3.8) is 0 Å². The van der Waals surface area contributed by atoms with Crippen LogP contribution in [0.2, 0.25) is 0 Å². The van der Waals surface area contributed by atoms with Gasteiger partial charge in [-0.05, 0) is 64.2 Å². The van der Waals surface area contributed by atoms with Gasteiger partial charge in [0.2, 0.25) is 11.8 Å². The van der Waals surface area contributed by atoms with Crippen molar-refractivity contribution in [2.75, 3.05) is 26.3 Å². The van der Waals surface area contributed by atoms with Crippen LogP contribution in [0.1, 0.15) is 227 Å². The molecule has 0 heterocycles. The highest BCUT2D eigenvalue weighted by Crippen LogP contribution is 2.22. The van der Waals surface area contributed by atoms with Gasteiger partial charge in [0, 0.05) is 19.5 Å². The van der Waals surface area contributed by atoms with Crippen molar-refractivity contribution in [2.45, 2.75) is 233 Å². The maximum Gasteiger partial charge on any atom is 0.308 e. The largest absolute Gasteiger partial charge is 0.465 e. The molecule has 0 saturated carbocycles. The molecule has 2 amide bonds. The Bertz CT molecular complexity index is 1040. The lowest BCUT2D eigenvalue weighted by Crippen LogP contribution is -2.47. The maximum absolute atomic E-state index is 13.0. The number of nitrogens with zero attached hydrogens (tertiary/aromatic N) is 1. The summed E-state index contributed by atoms with van der Waals surface area (Å²) in [6.45, 7) is 10.4. The van der Waals surface area contributed by atoms with E-state index in [1.54, 1.807) is 0 Å². The molecule has 0 spiro atoms. The van der Waals surface area contributed by atoms with Gasteiger partial charge in [0.15, 0.2) is 5.96 Å². The van der Waals surface area contributed by atoms with Gasteiger partial charge in [-0.3, -0.25) is 24.2 Å². The lowest BCUT2D eigenvalue weighted by Gasteiger charge is -2.18. The van der Waals surface area contributed by atoms with Crippen LogP contribution >= 0.6 is 0 Å². The molecule has 11 nitrogen and oxygen atoms in total. The van der Waals surface area contributed by atoms with Crippen molar-refractivity contribution >= 4 is 29.7 Å². The maximum atomic E-state index is 13.0. The average Bonchev–Trinajstić information content (AvgIpc) is 3.20. The summed E-state index contributed by atoms with van der Waals surface area (Å²) in [5.74, 6) is -0.477. The molecule has 0 bridgehead atoms. The van der Waals surface area contributed by atoms with Crippen molar-refractivity contribution in [1.29, 1.82) is 0 Å². The van der Waals surface area contributed by atoms with Crippen molar-refractivity contribution in [3.8, 4) is 0 Å². The van der Waals surface area contributed by atoms with Gasteiger partial charge in [-0.25, -0.2) is 0 Å². The van der Waals surface area contributed by atoms with Crippen molar-refractivity contribution in [3.05, 3.63) is 0 Å². The second kappa shape index (κ2) is 40.9. The zero-order valence-corrected chi connectivity index (χ0v) is 38.0. The predicted octanol–water partition coefficient (Wildman–Crippen LogP) is 10.4. The van der Waals surface area contributed by atoms with Gasteiger partial charge >= 0.3 is 11.9 Å². The molecule has 3 atom stereocenters. The number of ether oxygens (including phenoxy) is 2. The zero-order chi connectivity index (χ0) is 42.9. The van der Waals surface area contributed by atoms with Crippen molar-refractivity contribution < 1.29 is 28.7 Å². The summed E-state index contributed by atoms with van der Waals surface area (Å²) >= 11 is 0. The lowest BCUT2D eigenvalue weighted by atomic mass is 9.94. The van der Waals surface area contributed by atoms with Crippen LogP contribution in [0.15, 0.2) is 4.99 Å². The molecule has 0 aliphatic rings. The summed E-state index contributed by atoms with van der Waals surface area (Å²) in [6.07, 6.45) is 31.0. The van der Waals surface area contributed by atoms with E-state index in [0.29, 0.717) is 32.6 Å². The van der Waals surface area contributed by atoms with E-state index < -0.39 is 6.04 Å². The van der Waals surface area contributed by atoms with Crippen LogP contribution < -0.4 is 22.1 Å². The Morgan fingerprint density at radius 1 is 0.500 bits per heavy atom. The Morgan fingerprint density at radius 2 is 0.914 bits per heavy atom. The number of nitrogens with one attached hydrogen (secondary N) is 2. The first-order valence-corrected chi connectivity index (χ1v) is 24.2. The lowest BCUT2D eigenvalue weighted by molar-refractivity contribution is -0.150. The minimum atomic E-state index is -0.719. The number of carbonyl (C=O) groups is 4. The molecule has 58 heavy (non-hydrogen) atoms. The molecule has 3 unspecified atom stereocenters. The molecule has 6 N–H and O–H groups in total. The molecule has 0 fully saturated rings. The minimum Gasteiger partial charge on any atom is -0.465 e. The van der Waals surface area contributed by atoms with Gasteiger partial charge in [-0.2, -0.15) is 0 Å². The Morgan fingerprint density at radius 3 is 1.41 bits per heavy atom. The number of nitrogens with two attached hydrogens (primary N) is 2. The summed E-state index contributed by atoms with van der Waals surface area (Å²) in [5, 5.41) is 5.85. The van der Waals surface area contributed by atoms with Gasteiger partial charge in [-0.1, -0.05) is 156 Å². The number of hydrogen-bond acceptors (Lipinski definition) is 7. The molecule has 0 aliphatic heterocycles. The standard InChI is InChI=1S/C47H91N5O6/c1-5-9-13-16-18-25-33-41(32-24-15-11-7-3)46(56)58-39-29-22-20-27-36-50-44(54)42(35-37-51-47(48)49)52-43(53)34-26-19-17-21-28-38-57-45(55)40(30-12-8-4)31-23-14-10-6-2/h40-42H,5-39H2,1-4H3,(H,50,54)(H,52,53)(H4,48,49,51). The fraction of sp³-hybridized carbons (Fsp3) is 0.894. The van der Waals surface area contributed by atoms with Crippen molar-refractivity contribution in [1.82, 2.24) is 10.6 Å². The van der Waals surface area contributed by atoms with Crippen molar-refractivity contribution in [2.24, 2.45) is 28.3 Å². The third-order valence-corrected chi connectivity index (χ3v) is 11.1. The number of hydrogen-bond donors (Lipinski definition) is 4. The number of guanidine groups is 1. The molecule has 0 aromatic carbocycles. The monoisotopic (exact) mass is 822 g/mol. The van der Waals surface area contributed by atoms with Crippen LogP contribution in [-0.4, -0.2) is 62.1 Å². The molecule has 0 saturated heterocycles. The predicted molar refractivity (Wildman–Crippen MR) is 240 cm³/mol. The third-order valence-electron chi connectivity index (χ3n) is 11.1. The summed E-state index contributed by atoms with van der Waals surface area (Å²) in [4.78, 5) is 55.4.